The highest BCUT2D eigenvalue weighted by atomic mass is 35.5. The maximum atomic E-state index is 12.4. The van der Waals surface area contributed by atoms with Crippen LogP contribution in [0.1, 0.15) is 37.7 Å². The Balaban J connectivity index is 1.89. The summed E-state index contributed by atoms with van der Waals surface area (Å²) in [5, 5.41) is 3.44. The van der Waals surface area contributed by atoms with Crippen LogP contribution in [0.5, 0.6) is 0 Å². The minimum atomic E-state index is -0.646. The summed E-state index contributed by atoms with van der Waals surface area (Å²) in [6.45, 7) is 0.581. The molecule has 2 fully saturated rings. The zero-order valence-electron chi connectivity index (χ0n) is 11.9. The summed E-state index contributed by atoms with van der Waals surface area (Å²) in [5.41, 5.74) is 0.361. The van der Waals surface area contributed by atoms with Crippen LogP contribution in [0, 0.1) is 0 Å². The van der Waals surface area contributed by atoms with Crippen molar-refractivity contribution in [2.75, 3.05) is 6.54 Å². The number of benzene rings is 1. The minimum absolute atomic E-state index is 0.00597. The van der Waals surface area contributed by atoms with E-state index in [0.717, 1.165) is 37.7 Å². The maximum Gasteiger partial charge on any atom is 0.246 e. The molecular weight excluding hydrogens is 288 g/mol. The number of hydrogen-bond acceptors (Lipinski definition) is 2. The molecule has 0 unspecified atom stereocenters. The summed E-state index contributed by atoms with van der Waals surface area (Å²) < 4.78 is 0. The van der Waals surface area contributed by atoms with Crippen molar-refractivity contribution in [3.63, 3.8) is 0 Å². The number of nitrogens with zero attached hydrogens (tertiary/aromatic N) is 1. The zero-order chi connectivity index (χ0) is 14.9. The summed E-state index contributed by atoms with van der Waals surface area (Å²) in [5.74, 6) is 0.0159. The van der Waals surface area contributed by atoms with Gasteiger partial charge in [0.05, 0.1) is 6.54 Å². The van der Waals surface area contributed by atoms with Crippen LogP contribution in [0.2, 0.25) is 5.02 Å². The quantitative estimate of drug-likeness (QED) is 0.912. The van der Waals surface area contributed by atoms with Gasteiger partial charge >= 0.3 is 0 Å². The number of nitrogens with one attached hydrogen (secondary N) is 1. The molecule has 1 N–H and O–H groups in total. The first-order valence-electron chi connectivity index (χ1n) is 7.45. The largest absolute Gasteiger partial charge is 0.345 e. The summed E-state index contributed by atoms with van der Waals surface area (Å²) in [6, 6.07) is 7.47. The van der Waals surface area contributed by atoms with E-state index in [1.165, 1.54) is 0 Å². The molecule has 1 aromatic carbocycles. The van der Waals surface area contributed by atoms with Crippen LogP contribution in [0.25, 0.3) is 0 Å². The second-order valence-corrected chi connectivity index (χ2v) is 6.32. The van der Waals surface area contributed by atoms with Gasteiger partial charge in [-0.15, -0.1) is 0 Å². The lowest BCUT2D eigenvalue weighted by atomic mass is 9.78. The molecule has 112 valence electrons. The van der Waals surface area contributed by atoms with Gasteiger partial charge in [0.2, 0.25) is 11.8 Å². The second-order valence-electron chi connectivity index (χ2n) is 5.88. The Hall–Kier alpha value is -1.55. The first-order valence-corrected chi connectivity index (χ1v) is 7.83. The standard InChI is InChI=1S/C16H19ClN2O2/c17-13-6-4-12(5-7-13)11-19-14(20)10-18-15(21)16(19)8-2-1-3-9-16/h4-7H,1-3,8-11H2,(H,18,21). The Bertz CT molecular complexity index is 550. The molecule has 1 aromatic rings. The van der Waals surface area contributed by atoms with Gasteiger partial charge < -0.3 is 10.2 Å². The van der Waals surface area contributed by atoms with Crippen molar-refractivity contribution in [3.05, 3.63) is 34.9 Å². The van der Waals surface area contributed by atoms with E-state index in [1.807, 2.05) is 24.3 Å². The van der Waals surface area contributed by atoms with Crippen molar-refractivity contribution < 1.29 is 9.59 Å². The number of rotatable bonds is 2. The molecule has 4 nitrogen and oxygen atoms in total. The Morgan fingerprint density at radius 3 is 2.43 bits per heavy atom. The van der Waals surface area contributed by atoms with E-state index in [4.69, 9.17) is 11.6 Å². The van der Waals surface area contributed by atoms with E-state index in [2.05, 4.69) is 5.32 Å². The van der Waals surface area contributed by atoms with Crippen molar-refractivity contribution >= 4 is 23.4 Å². The van der Waals surface area contributed by atoms with Crippen LogP contribution in [0.3, 0.4) is 0 Å². The molecule has 3 rings (SSSR count). The van der Waals surface area contributed by atoms with Crippen molar-refractivity contribution in [1.82, 2.24) is 10.2 Å². The molecule has 0 radical (unpaired) electrons. The smallest absolute Gasteiger partial charge is 0.246 e. The maximum absolute atomic E-state index is 12.4. The topological polar surface area (TPSA) is 49.4 Å². The number of piperazine rings is 1. The van der Waals surface area contributed by atoms with Gasteiger partial charge in [-0.2, -0.15) is 0 Å². The number of amides is 2. The first-order chi connectivity index (χ1) is 10.1. The lowest BCUT2D eigenvalue weighted by Crippen LogP contribution is -2.67. The van der Waals surface area contributed by atoms with Gasteiger partial charge in [-0.25, -0.2) is 0 Å². The number of carbonyl (C=O) groups excluding carboxylic acids is 2. The highest BCUT2D eigenvalue weighted by Crippen LogP contribution is 2.36. The van der Waals surface area contributed by atoms with E-state index >= 15 is 0 Å². The summed E-state index contributed by atoms with van der Waals surface area (Å²) in [4.78, 5) is 26.6. The minimum Gasteiger partial charge on any atom is -0.345 e. The number of carbonyl (C=O) groups is 2. The van der Waals surface area contributed by atoms with Gasteiger partial charge in [0.25, 0.3) is 0 Å². The van der Waals surface area contributed by atoms with Crippen LogP contribution in [-0.2, 0) is 16.1 Å². The van der Waals surface area contributed by atoms with Gasteiger partial charge in [0, 0.05) is 11.6 Å². The summed E-state index contributed by atoms with van der Waals surface area (Å²) >= 11 is 5.90. The van der Waals surface area contributed by atoms with Crippen LogP contribution in [0.15, 0.2) is 24.3 Å². The van der Waals surface area contributed by atoms with Crippen molar-refractivity contribution in [1.29, 1.82) is 0 Å². The molecule has 0 atom stereocenters. The van der Waals surface area contributed by atoms with Gasteiger partial charge in [0.15, 0.2) is 0 Å². The predicted molar refractivity (Wildman–Crippen MR) is 80.8 cm³/mol. The van der Waals surface area contributed by atoms with E-state index in [1.54, 1.807) is 4.90 Å². The van der Waals surface area contributed by atoms with Gasteiger partial charge in [-0.1, -0.05) is 43.0 Å². The normalized spacial score (nSPS) is 21.5. The third-order valence-corrected chi connectivity index (χ3v) is 4.83. The Morgan fingerprint density at radius 1 is 1.10 bits per heavy atom. The zero-order valence-corrected chi connectivity index (χ0v) is 12.7. The molecule has 1 saturated carbocycles. The average Bonchev–Trinajstić information content (AvgIpc) is 2.51. The summed E-state index contributed by atoms with van der Waals surface area (Å²) in [6.07, 6.45) is 4.66. The first kappa shape index (κ1) is 14.4. The van der Waals surface area contributed by atoms with Crippen molar-refractivity contribution in [2.45, 2.75) is 44.2 Å². The molecule has 0 bridgehead atoms. The van der Waals surface area contributed by atoms with E-state index in [-0.39, 0.29) is 18.4 Å². The Kier molecular flexibility index (Phi) is 3.89. The Labute approximate surface area is 129 Å². The summed E-state index contributed by atoms with van der Waals surface area (Å²) in [7, 11) is 0. The van der Waals surface area contributed by atoms with Gasteiger partial charge in [0.1, 0.15) is 5.54 Å². The highest BCUT2D eigenvalue weighted by molar-refractivity contribution is 6.30. The molecule has 21 heavy (non-hydrogen) atoms. The average molecular weight is 307 g/mol. The van der Waals surface area contributed by atoms with Crippen molar-refractivity contribution in [2.24, 2.45) is 0 Å². The van der Waals surface area contributed by atoms with Crippen LogP contribution in [0.4, 0.5) is 0 Å². The fraction of sp³-hybridized carbons (Fsp3) is 0.500. The van der Waals surface area contributed by atoms with Crippen molar-refractivity contribution in [3.8, 4) is 0 Å². The van der Waals surface area contributed by atoms with Gasteiger partial charge in [-0.3, -0.25) is 9.59 Å². The SMILES string of the molecule is O=C1CNC(=O)C2(CCCCC2)N1Cc1ccc(Cl)cc1. The lowest BCUT2D eigenvalue weighted by molar-refractivity contribution is -0.157. The monoisotopic (exact) mass is 306 g/mol. The molecule has 1 heterocycles. The van der Waals surface area contributed by atoms with Crippen LogP contribution in [-0.4, -0.2) is 28.8 Å². The molecule has 1 aliphatic carbocycles. The molecule has 1 spiro atoms. The third kappa shape index (κ3) is 2.64. The lowest BCUT2D eigenvalue weighted by Gasteiger charge is -2.48. The van der Waals surface area contributed by atoms with E-state index < -0.39 is 5.54 Å². The molecular formula is C16H19ClN2O2. The molecule has 1 aliphatic heterocycles. The van der Waals surface area contributed by atoms with E-state index in [0.29, 0.717) is 11.6 Å². The Morgan fingerprint density at radius 2 is 1.76 bits per heavy atom. The molecule has 0 aromatic heterocycles. The fourth-order valence-corrected chi connectivity index (χ4v) is 3.55. The van der Waals surface area contributed by atoms with Crippen LogP contribution >= 0.6 is 11.6 Å². The second kappa shape index (κ2) is 5.68. The number of halogens is 1. The number of hydrogen-bond donors (Lipinski definition) is 1. The fourth-order valence-electron chi connectivity index (χ4n) is 3.42. The molecule has 5 heteroatoms. The highest BCUT2D eigenvalue weighted by Gasteiger charge is 2.49. The van der Waals surface area contributed by atoms with Crippen LogP contribution < -0.4 is 5.32 Å². The van der Waals surface area contributed by atoms with E-state index in [9.17, 15) is 9.59 Å². The predicted octanol–water partition coefficient (Wildman–Crippen LogP) is 2.50. The van der Waals surface area contributed by atoms with Gasteiger partial charge in [-0.05, 0) is 30.5 Å². The molecule has 2 amide bonds. The third-order valence-electron chi connectivity index (χ3n) is 4.58. The molecule has 2 aliphatic rings. The molecule has 1 saturated heterocycles.